The fraction of sp³-hybridized carbons (Fsp3) is 0.562. The van der Waals surface area contributed by atoms with Crippen LogP contribution in [0.15, 0.2) is 24.3 Å². The Morgan fingerprint density at radius 3 is 2.50 bits per heavy atom. The van der Waals surface area contributed by atoms with E-state index in [1.165, 1.54) is 0 Å². The van der Waals surface area contributed by atoms with E-state index < -0.39 is 0 Å². The zero-order valence-electron chi connectivity index (χ0n) is 11.9. The third-order valence-corrected chi connectivity index (χ3v) is 4.23. The van der Waals surface area contributed by atoms with Crippen LogP contribution in [0.1, 0.15) is 31.7 Å². The number of hydrogen-bond acceptors (Lipinski definition) is 3. The molecule has 1 saturated heterocycles. The van der Waals surface area contributed by atoms with Crippen LogP contribution in [-0.4, -0.2) is 24.7 Å². The van der Waals surface area contributed by atoms with E-state index in [4.69, 9.17) is 10.5 Å². The molecule has 1 aliphatic carbocycles. The van der Waals surface area contributed by atoms with Gasteiger partial charge in [-0.25, -0.2) is 0 Å². The van der Waals surface area contributed by atoms with E-state index in [1.807, 2.05) is 29.2 Å². The Labute approximate surface area is 119 Å². The highest BCUT2D eigenvalue weighted by Crippen LogP contribution is 2.34. The number of rotatable bonds is 4. The van der Waals surface area contributed by atoms with Crippen LogP contribution in [-0.2, 0) is 16.1 Å². The van der Waals surface area contributed by atoms with Crippen LogP contribution in [0, 0.1) is 5.92 Å². The molecule has 0 spiro atoms. The lowest BCUT2D eigenvalue weighted by Gasteiger charge is -2.27. The van der Waals surface area contributed by atoms with Gasteiger partial charge in [0, 0.05) is 24.9 Å². The number of nitrogens with two attached hydrogens (primary N) is 1. The first-order valence-corrected chi connectivity index (χ1v) is 7.44. The molecule has 0 bridgehead atoms. The molecule has 1 aliphatic heterocycles. The van der Waals surface area contributed by atoms with Gasteiger partial charge in [-0.05, 0) is 42.9 Å². The molecule has 0 radical (unpaired) electrons. The van der Waals surface area contributed by atoms with E-state index in [0.717, 1.165) is 30.5 Å². The zero-order valence-corrected chi connectivity index (χ0v) is 11.9. The monoisotopic (exact) mass is 274 g/mol. The predicted molar refractivity (Wildman–Crippen MR) is 78.4 cm³/mol. The smallest absolute Gasteiger partial charge is 0.256 e. The van der Waals surface area contributed by atoms with Gasteiger partial charge in [0.2, 0.25) is 0 Å². The largest absolute Gasteiger partial charge is 0.368 e. The average Bonchev–Trinajstić information content (AvgIpc) is 3.20. The van der Waals surface area contributed by atoms with E-state index in [9.17, 15) is 4.79 Å². The molecular formula is C16H22N2O2. The van der Waals surface area contributed by atoms with Crippen molar-refractivity contribution < 1.29 is 9.53 Å². The maximum Gasteiger partial charge on any atom is 0.256 e. The molecule has 1 heterocycles. The molecule has 3 rings (SSSR count). The van der Waals surface area contributed by atoms with E-state index in [2.05, 4.69) is 6.92 Å². The second-order valence-corrected chi connectivity index (χ2v) is 5.87. The van der Waals surface area contributed by atoms with Gasteiger partial charge in [0.25, 0.3) is 5.91 Å². The van der Waals surface area contributed by atoms with Gasteiger partial charge in [0.1, 0.15) is 6.10 Å². The Bertz CT molecular complexity index is 482. The molecule has 1 aromatic carbocycles. The van der Waals surface area contributed by atoms with E-state index in [1.54, 1.807) is 0 Å². The number of nitrogens with zero attached hydrogens (tertiary/aromatic N) is 1. The summed E-state index contributed by atoms with van der Waals surface area (Å²) in [6, 6.07) is 8.34. The van der Waals surface area contributed by atoms with Crippen LogP contribution in [0.2, 0.25) is 0 Å². The second kappa shape index (κ2) is 5.54. The minimum absolute atomic E-state index is 0.123. The highest BCUT2D eigenvalue weighted by molar-refractivity contribution is 5.98. The number of ether oxygens (including phenoxy) is 1. The summed E-state index contributed by atoms with van der Waals surface area (Å²) in [5.74, 6) is 0.435. The minimum Gasteiger partial charge on any atom is -0.368 e. The maximum absolute atomic E-state index is 12.8. The lowest BCUT2D eigenvalue weighted by molar-refractivity contribution is -0.128. The molecule has 1 aromatic rings. The van der Waals surface area contributed by atoms with Gasteiger partial charge in [0.05, 0.1) is 0 Å². The summed E-state index contributed by atoms with van der Waals surface area (Å²) in [5.41, 5.74) is 7.68. The van der Waals surface area contributed by atoms with Crippen molar-refractivity contribution in [1.82, 2.24) is 0 Å². The first-order chi connectivity index (χ1) is 9.70. The standard InChI is InChI=1S/C16H22N2O2/c1-11-8-9-20-15(11)16(19)18(14-6-7-14)13-4-2-12(10-17)3-5-13/h2-5,11,14-15H,6-10,17H2,1H3. The lowest BCUT2D eigenvalue weighted by Crippen LogP contribution is -2.42. The Kier molecular flexibility index (Phi) is 3.76. The van der Waals surface area contributed by atoms with Gasteiger partial charge >= 0.3 is 0 Å². The second-order valence-electron chi connectivity index (χ2n) is 5.87. The molecule has 0 aromatic heterocycles. The number of amides is 1. The molecule has 2 aliphatic rings. The van der Waals surface area contributed by atoms with Gasteiger partial charge in [-0.2, -0.15) is 0 Å². The molecule has 4 nitrogen and oxygen atoms in total. The number of benzene rings is 1. The fourth-order valence-corrected chi connectivity index (χ4v) is 2.79. The van der Waals surface area contributed by atoms with Crippen LogP contribution in [0.4, 0.5) is 5.69 Å². The highest BCUT2D eigenvalue weighted by atomic mass is 16.5. The first-order valence-electron chi connectivity index (χ1n) is 7.44. The first kappa shape index (κ1) is 13.6. The number of carbonyl (C=O) groups excluding carboxylic acids is 1. The molecule has 2 N–H and O–H groups in total. The topological polar surface area (TPSA) is 55.6 Å². The quantitative estimate of drug-likeness (QED) is 0.914. The summed E-state index contributed by atoms with van der Waals surface area (Å²) >= 11 is 0. The summed E-state index contributed by atoms with van der Waals surface area (Å²) in [5, 5.41) is 0. The van der Waals surface area contributed by atoms with Crippen LogP contribution in [0.25, 0.3) is 0 Å². The van der Waals surface area contributed by atoms with Crippen molar-refractivity contribution in [2.75, 3.05) is 11.5 Å². The molecule has 1 amide bonds. The zero-order chi connectivity index (χ0) is 14.1. The SMILES string of the molecule is CC1CCOC1C(=O)N(c1ccc(CN)cc1)C1CC1. The lowest BCUT2D eigenvalue weighted by atomic mass is 10.0. The Morgan fingerprint density at radius 2 is 2.00 bits per heavy atom. The van der Waals surface area contributed by atoms with Crippen molar-refractivity contribution in [3.63, 3.8) is 0 Å². The van der Waals surface area contributed by atoms with Crippen molar-refractivity contribution >= 4 is 11.6 Å². The highest BCUT2D eigenvalue weighted by Gasteiger charge is 2.40. The average molecular weight is 274 g/mol. The summed E-state index contributed by atoms with van der Waals surface area (Å²) in [7, 11) is 0. The summed E-state index contributed by atoms with van der Waals surface area (Å²) in [6.45, 7) is 3.32. The molecule has 2 fully saturated rings. The summed E-state index contributed by atoms with van der Waals surface area (Å²) < 4.78 is 5.64. The number of hydrogen-bond donors (Lipinski definition) is 1. The Hall–Kier alpha value is -1.39. The van der Waals surface area contributed by atoms with E-state index >= 15 is 0 Å². The van der Waals surface area contributed by atoms with Crippen molar-refractivity contribution in [2.45, 2.75) is 44.9 Å². The van der Waals surface area contributed by atoms with Gasteiger partial charge in [-0.1, -0.05) is 19.1 Å². The maximum atomic E-state index is 12.8. The van der Waals surface area contributed by atoms with E-state index in [0.29, 0.717) is 25.1 Å². The van der Waals surface area contributed by atoms with E-state index in [-0.39, 0.29) is 12.0 Å². The molecule has 1 saturated carbocycles. The van der Waals surface area contributed by atoms with Crippen molar-refractivity contribution in [1.29, 1.82) is 0 Å². The number of carbonyl (C=O) groups is 1. The van der Waals surface area contributed by atoms with Crippen molar-refractivity contribution in [3.8, 4) is 0 Å². The molecule has 108 valence electrons. The Balaban J connectivity index is 1.82. The van der Waals surface area contributed by atoms with Crippen LogP contribution in [0.5, 0.6) is 0 Å². The van der Waals surface area contributed by atoms with Gasteiger partial charge in [0.15, 0.2) is 0 Å². The minimum atomic E-state index is -0.273. The molecule has 4 heteroatoms. The van der Waals surface area contributed by atoms with Crippen molar-refractivity contribution in [2.24, 2.45) is 11.7 Å². The predicted octanol–water partition coefficient (Wildman–Crippen LogP) is 2.07. The molecule has 20 heavy (non-hydrogen) atoms. The van der Waals surface area contributed by atoms with Gasteiger partial charge < -0.3 is 15.4 Å². The summed E-state index contributed by atoms with van der Waals surface area (Å²) in [6.07, 6.45) is 2.88. The Morgan fingerprint density at radius 1 is 1.30 bits per heavy atom. The van der Waals surface area contributed by atoms with Gasteiger partial charge in [-0.3, -0.25) is 4.79 Å². The normalized spacial score (nSPS) is 25.7. The summed E-state index contributed by atoms with van der Waals surface area (Å²) in [4.78, 5) is 14.7. The van der Waals surface area contributed by atoms with Gasteiger partial charge in [-0.15, -0.1) is 0 Å². The third-order valence-electron chi connectivity index (χ3n) is 4.23. The molecular weight excluding hydrogens is 252 g/mol. The fourth-order valence-electron chi connectivity index (χ4n) is 2.79. The third kappa shape index (κ3) is 2.58. The van der Waals surface area contributed by atoms with Crippen LogP contribution in [0.3, 0.4) is 0 Å². The number of anilines is 1. The molecule has 2 unspecified atom stereocenters. The van der Waals surface area contributed by atoms with Crippen molar-refractivity contribution in [3.05, 3.63) is 29.8 Å². The van der Waals surface area contributed by atoms with Crippen LogP contribution < -0.4 is 10.6 Å². The van der Waals surface area contributed by atoms with Crippen LogP contribution >= 0.6 is 0 Å². The molecule has 2 atom stereocenters.